The highest BCUT2D eigenvalue weighted by Crippen LogP contribution is 2.21. The van der Waals surface area contributed by atoms with Crippen LogP contribution in [0.25, 0.3) is 0 Å². The van der Waals surface area contributed by atoms with E-state index in [0.717, 1.165) is 17.1 Å². The summed E-state index contributed by atoms with van der Waals surface area (Å²) < 4.78 is 16.3. The van der Waals surface area contributed by atoms with Gasteiger partial charge in [-0.2, -0.15) is 0 Å². The van der Waals surface area contributed by atoms with Crippen LogP contribution in [0.15, 0.2) is 48.5 Å². The molecule has 5 nitrogen and oxygen atoms in total. The molecule has 25 heavy (non-hydrogen) atoms. The van der Waals surface area contributed by atoms with Crippen LogP contribution in [0.4, 0.5) is 0 Å². The maximum Gasteiger partial charge on any atom is 0.251 e. The Morgan fingerprint density at radius 2 is 1.76 bits per heavy atom. The Hall–Kier alpha value is -2.53. The van der Waals surface area contributed by atoms with Gasteiger partial charge in [0.05, 0.1) is 19.3 Å². The molecule has 0 aliphatic rings. The predicted octanol–water partition coefficient (Wildman–Crippen LogP) is 3.60. The Kier molecular flexibility index (Phi) is 6.83. The lowest BCUT2D eigenvalue weighted by Crippen LogP contribution is -2.29. The lowest BCUT2D eigenvalue weighted by Gasteiger charge is -2.17. The van der Waals surface area contributed by atoms with E-state index in [4.69, 9.17) is 14.2 Å². The van der Waals surface area contributed by atoms with Crippen molar-refractivity contribution in [2.24, 2.45) is 0 Å². The highest BCUT2D eigenvalue weighted by molar-refractivity contribution is 5.94. The number of amides is 1. The van der Waals surface area contributed by atoms with Gasteiger partial charge >= 0.3 is 0 Å². The third kappa shape index (κ3) is 5.50. The molecule has 0 bridgehead atoms. The van der Waals surface area contributed by atoms with Crippen molar-refractivity contribution in [3.63, 3.8) is 0 Å². The zero-order chi connectivity index (χ0) is 18.2. The van der Waals surface area contributed by atoms with Crippen molar-refractivity contribution < 1.29 is 19.0 Å². The van der Waals surface area contributed by atoms with Gasteiger partial charge in [-0.05, 0) is 55.8 Å². The van der Waals surface area contributed by atoms with E-state index < -0.39 is 0 Å². The smallest absolute Gasteiger partial charge is 0.251 e. The summed E-state index contributed by atoms with van der Waals surface area (Å²) in [5.74, 6) is 1.35. The second kappa shape index (κ2) is 9.08. The number of hydrogen-bond acceptors (Lipinski definition) is 4. The van der Waals surface area contributed by atoms with Gasteiger partial charge in [-0.1, -0.05) is 12.1 Å². The lowest BCUT2D eigenvalue weighted by molar-refractivity contribution is 0.0827. The van der Waals surface area contributed by atoms with Crippen LogP contribution in [0.5, 0.6) is 11.5 Å². The quantitative estimate of drug-likeness (QED) is 0.796. The molecule has 0 heterocycles. The van der Waals surface area contributed by atoms with Crippen LogP contribution in [0.1, 0.15) is 35.9 Å². The van der Waals surface area contributed by atoms with Gasteiger partial charge in [-0.3, -0.25) is 4.79 Å². The minimum absolute atomic E-state index is 0.102. The molecular weight excluding hydrogens is 318 g/mol. The van der Waals surface area contributed by atoms with Crippen LogP contribution in [0.2, 0.25) is 0 Å². The largest absolute Gasteiger partial charge is 0.497 e. The number of ether oxygens (including phenoxy) is 3. The summed E-state index contributed by atoms with van der Waals surface area (Å²) in [6, 6.07) is 14.7. The van der Waals surface area contributed by atoms with Crippen molar-refractivity contribution in [3.8, 4) is 11.5 Å². The first-order valence-electron chi connectivity index (χ1n) is 8.25. The first-order valence-corrected chi connectivity index (χ1v) is 8.25. The summed E-state index contributed by atoms with van der Waals surface area (Å²) in [5, 5.41) is 2.90. The number of methoxy groups -OCH3 is 2. The topological polar surface area (TPSA) is 56.8 Å². The molecular formula is C20H25NO4. The molecule has 0 saturated carbocycles. The highest BCUT2D eigenvalue weighted by Gasteiger charge is 2.14. The number of rotatable bonds is 8. The minimum atomic E-state index is -0.248. The Morgan fingerprint density at radius 1 is 1.04 bits per heavy atom. The molecule has 0 aliphatic heterocycles. The summed E-state index contributed by atoms with van der Waals surface area (Å²) in [7, 11) is 3.24. The third-order valence-electron chi connectivity index (χ3n) is 3.69. The summed E-state index contributed by atoms with van der Waals surface area (Å²) in [5.41, 5.74) is 1.53. The zero-order valence-corrected chi connectivity index (χ0v) is 15.1. The zero-order valence-electron chi connectivity index (χ0n) is 15.1. The summed E-state index contributed by atoms with van der Waals surface area (Å²) in [6.07, 6.45) is -0.146. The second-order valence-corrected chi connectivity index (χ2v) is 5.90. The normalized spacial score (nSPS) is 11.9. The summed E-state index contributed by atoms with van der Waals surface area (Å²) >= 11 is 0. The second-order valence-electron chi connectivity index (χ2n) is 5.90. The molecule has 5 heteroatoms. The lowest BCUT2D eigenvalue weighted by atomic mass is 10.1. The van der Waals surface area contributed by atoms with Gasteiger partial charge in [-0.15, -0.1) is 0 Å². The van der Waals surface area contributed by atoms with Crippen molar-refractivity contribution in [1.29, 1.82) is 0 Å². The molecule has 2 rings (SSSR count). The highest BCUT2D eigenvalue weighted by atomic mass is 16.5. The molecule has 2 aromatic carbocycles. The fourth-order valence-corrected chi connectivity index (χ4v) is 2.42. The molecule has 0 saturated heterocycles. The molecule has 0 radical (unpaired) electrons. The maximum absolute atomic E-state index is 12.3. The predicted molar refractivity (Wildman–Crippen MR) is 97.3 cm³/mol. The monoisotopic (exact) mass is 343 g/mol. The van der Waals surface area contributed by atoms with Crippen molar-refractivity contribution in [2.45, 2.75) is 26.1 Å². The molecule has 1 atom stereocenters. The first-order chi connectivity index (χ1) is 12.0. The maximum atomic E-state index is 12.3. The van der Waals surface area contributed by atoms with Crippen molar-refractivity contribution >= 4 is 5.91 Å². The van der Waals surface area contributed by atoms with Gasteiger partial charge in [0.2, 0.25) is 0 Å². The molecule has 1 N–H and O–H groups in total. The Balaban J connectivity index is 1.97. The molecule has 1 amide bonds. The van der Waals surface area contributed by atoms with E-state index in [-0.39, 0.29) is 18.1 Å². The standard InChI is InChI=1S/C20H25NO4/c1-14(2)25-17-10-8-15(9-11-17)20(22)21-13-19(24-4)16-6-5-7-18(12-16)23-3/h5-12,14,19H,13H2,1-4H3,(H,21,22). The average molecular weight is 343 g/mol. The number of nitrogens with one attached hydrogen (secondary N) is 1. The van der Waals surface area contributed by atoms with E-state index in [9.17, 15) is 4.79 Å². The minimum Gasteiger partial charge on any atom is -0.497 e. The molecule has 134 valence electrons. The fraction of sp³-hybridized carbons (Fsp3) is 0.350. The Morgan fingerprint density at radius 3 is 2.36 bits per heavy atom. The molecule has 0 aliphatic carbocycles. The molecule has 0 aromatic heterocycles. The molecule has 0 spiro atoms. The molecule has 0 fully saturated rings. The number of benzene rings is 2. The fourth-order valence-electron chi connectivity index (χ4n) is 2.42. The van der Waals surface area contributed by atoms with Crippen LogP contribution in [-0.4, -0.2) is 32.8 Å². The van der Waals surface area contributed by atoms with Crippen LogP contribution >= 0.6 is 0 Å². The number of carbonyl (C=O) groups is 1. The van der Waals surface area contributed by atoms with Gasteiger partial charge in [0.25, 0.3) is 5.91 Å². The molecule has 2 aromatic rings. The van der Waals surface area contributed by atoms with Crippen LogP contribution in [-0.2, 0) is 4.74 Å². The van der Waals surface area contributed by atoms with E-state index in [1.54, 1.807) is 38.5 Å². The van der Waals surface area contributed by atoms with E-state index in [1.807, 2.05) is 38.1 Å². The average Bonchev–Trinajstić information content (AvgIpc) is 2.62. The van der Waals surface area contributed by atoms with Gasteiger partial charge in [-0.25, -0.2) is 0 Å². The van der Waals surface area contributed by atoms with Crippen molar-refractivity contribution in [2.75, 3.05) is 20.8 Å². The van der Waals surface area contributed by atoms with E-state index in [1.165, 1.54) is 0 Å². The Bertz CT molecular complexity index is 682. The van der Waals surface area contributed by atoms with Crippen molar-refractivity contribution in [1.82, 2.24) is 5.32 Å². The summed E-state index contributed by atoms with van der Waals surface area (Å²) in [4.78, 5) is 12.3. The van der Waals surface area contributed by atoms with E-state index in [0.29, 0.717) is 12.1 Å². The third-order valence-corrected chi connectivity index (χ3v) is 3.69. The number of hydrogen-bond donors (Lipinski definition) is 1. The molecule has 1 unspecified atom stereocenters. The Labute approximate surface area is 148 Å². The van der Waals surface area contributed by atoms with Gasteiger partial charge < -0.3 is 19.5 Å². The van der Waals surface area contributed by atoms with Gasteiger partial charge in [0, 0.05) is 19.2 Å². The van der Waals surface area contributed by atoms with Gasteiger partial charge in [0.1, 0.15) is 11.5 Å². The first kappa shape index (κ1) is 18.8. The van der Waals surface area contributed by atoms with Gasteiger partial charge in [0.15, 0.2) is 0 Å². The van der Waals surface area contributed by atoms with E-state index in [2.05, 4.69) is 5.32 Å². The van der Waals surface area contributed by atoms with Crippen LogP contribution < -0.4 is 14.8 Å². The number of carbonyl (C=O) groups excluding carboxylic acids is 1. The summed E-state index contributed by atoms with van der Waals surface area (Å²) in [6.45, 7) is 4.29. The van der Waals surface area contributed by atoms with Crippen LogP contribution in [0.3, 0.4) is 0 Å². The van der Waals surface area contributed by atoms with E-state index >= 15 is 0 Å². The SMILES string of the molecule is COc1cccc(C(CNC(=O)c2ccc(OC(C)C)cc2)OC)c1. The van der Waals surface area contributed by atoms with Crippen molar-refractivity contribution in [3.05, 3.63) is 59.7 Å². The van der Waals surface area contributed by atoms with Crippen LogP contribution in [0, 0.1) is 0 Å².